The van der Waals surface area contributed by atoms with Gasteiger partial charge in [-0.25, -0.2) is 0 Å². The van der Waals surface area contributed by atoms with E-state index in [0.717, 1.165) is 25.7 Å². The Morgan fingerprint density at radius 1 is 1.02 bits per heavy atom. The molecule has 1 heterocycles. The summed E-state index contributed by atoms with van der Waals surface area (Å²) in [5, 5.41) is 63.1. The summed E-state index contributed by atoms with van der Waals surface area (Å²) >= 11 is 0. The quantitative estimate of drug-likeness (QED) is 0.232. The summed E-state index contributed by atoms with van der Waals surface area (Å²) in [7, 11) is 0. The number of carbonyl (C=O) groups is 1. The number of Topliss-reactive ketones (excluding diaryl/α,β-unsaturated/α-hetero) is 1. The van der Waals surface area contributed by atoms with Crippen LogP contribution in [0.15, 0.2) is 11.6 Å². The van der Waals surface area contributed by atoms with E-state index in [1.807, 2.05) is 6.92 Å². The number of hydrogen-bond donors (Lipinski definition) is 6. The van der Waals surface area contributed by atoms with Crippen molar-refractivity contribution in [3.63, 3.8) is 0 Å². The van der Waals surface area contributed by atoms with E-state index in [1.54, 1.807) is 0 Å². The van der Waals surface area contributed by atoms with Crippen LogP contribution in [0.25, 0.3) is 0 Å². The fraction of sp³-hybridized carbons (Fsp3) is 0.909. The number of fused-ring (bicyclic) bond motifs is 5. The number of hydrogen-bond acceptors (Lipinski definition) is 9. The van der Waals surface area contributed by atoms with E-state index >= 15 is 0 Å². The van der Waals surface area contributed by atoms with Gasteiger partial charge in [0.1, 0.15) is 30.2 Å². The first-order chi connectivity index (χ1) is 19.7. The third-order valence-corrected chi connectivity index (χ3v) is 12.4. The zero-order valence-corrected chi connectivity index (χ0v) is 25.9. The second-order valence-corrected chi connectivity index (χ2v) is 15.1. The number of aliphatic hydroxyl groups is 6. The second kappa shape index (κ2) is 12.1. The maximum Gasteiger partial charge on any atom is 0.186 e. The Balaban J connectivity index is 1.49. The summed E-state index contributed by atoms with van der Waals surface area (Å²) < 4.78 is 12.3. The number of carbonyl (C=O) groups excluding carboxylic acids is 1. The molecule has 9 heteroatoms. The second-order valence-electron chi connectivity index (χ2n) is 15.1. The van der Waals surface area contributed by atoms with Crippen molar-refractivity contribution in [3.05, 3.63) is 11.6 Å². The van der Waals surface area contributed by atoms with Crippen molar-refractivity contribution >= 4 is 5.78 Å². The summed E-state index contributed by atoms with van der Waals surface area (Å²) in [6.07, 6.45) is -0.600. The molecule has 4 aliphatic carbocycles. The van der Waals surface area contributed by atoms with Crippen molar-refractivity contribution in [1.82, 2.24) is 0 Å². The zero-order valence-electron chi connectivity index (χ0n) is 25.9. The van der Waals surface area contributed by atoms with Crippen LogP contribution in [0.2, 0.25) is 0 Å². The fourth-order valence-corrected chi connectivity index (χ4v) is 9.78. The average Bonchev–Trinajstić information content (AvgIpc) is 3.25. The van der Waals surface area contributed by atoms with Crippen LogP contribution in [0.5, 0.6) is 0 Å². The standard InChI is InChI=1S/C33H54O9/c1-16(2)6-9-23(36)17(3)27-24(41-31-30(40)29(39)28(38)25(15-34)42-31)13-22-20-8-7-18-12-19(35)10-11-32(18,4)21(20)14-26(37)33(22,27)5/h7,16-17,19-25,27-31,34-36,38-40H,6,8-15H2,1-5H3. The Bertz CT molecular complexity index is 1010. The van der Waals surface area contributed by atoms with E-state index in [0.29, 0.717) is 31.6 Å². The predicted octanol–water partition coefficient (Wildman–Crippen LogP) is 2.33. The molecule has 0 spiro atoms. The molecule has 0 aromatic carbocycles. The molecule has 15 atom stereocenters. The highest BCUT2D eigenvalue weighted by atomic mass is 16.7. The van der Waals surface area contributed by atoms with Gasteiger partial charge in [0.2, 0.25) is 0 Å². The molecule has 15 unspecified atom stereocenters. The van der Waals surface area contributed by atoms with Gasteiger partial charge < -0.3 is 40.1 Å². The van der Waals surface area contributed by atoms with Gasteiger partial charge in [0.05, 0.1) is 24.9 Å². The molecule has 0 radical (unpaired) electrons. The summed E-state index contributed by atoms with van der Waals surface area (Å²) in [5.74, 6) is 0.391. The monoisotopic (exact) mass is 594 g/mol. The molecule has 5 rings (SSSR count). The maximum atomic E-state index is 14.4. The van der Waals surface area contributed by atoms with Gasteiger partial charge in [-0.3, -0.25) is 4.79 Å². The molecule has 0 amide bonds. The SMILES string of the molecule is CC(C)CCC(O)C(C)C1C(OC2OC(CO)C(O)C(O)C2O)CC2C3CC=C4CC(O)CCC4(C)C3CC(=O)C21C. The van der Waals surface area contributed by atoms with Gasteiger partial charge in [-0.1, -0.05) is 46.3 Å². The highest BCUT2D eigenvalue weighted by molar-refractivity contribution is 5.87. The van der Waals surface area contributed by atoms with Crippen LogP contribution in [-0.4, -0.2) is 92.0 Å². The first kappa shape index (κ1) is 32.5. The first-order valence-electron chi connectivity index (χ1n) is 16.3. The molecule has 6 N–H and O–H groups in total. The van der Waals surface area contributed by atoms with E-state index in [1.165, 1.54) is 5.57 Å². The zero-order chi connectivity index (χ0) is 30.7. The number of ether oxygens (including phenoxy) is 2. The largest absolute Gasteiger partial charge is 0.394 e. The van der Waals surface area contributed by atoms with Crippen molar-refractivity contribution in [2.45, 2.75) is 135 Å². The predicted molar refractivity (Wildman–Crippen MR) is 155 cm³/mol. The lowest BCUT2D eigenvalue weighted by Gasteiger charge is -2.57. The van der Waals surface area contributed by atoms with Crippen molar-refractivity contribution in [3.8, 4) is 0 Å². The van der Waals surface area contributed by atoms with Gasteiger partial charge >= 0.3 is 0 Å². The van der Waals surface area contributed by atoms with Crippen LogP contribution in [0, 0.1) is 46.3 Å². The summed E-state index contributed by atoms with van der Waals surface area (Å²) in [5.41, 5.74) is 0.390. The highest BCUT2D eigenvalue weighted by Gasteiger charge is 2.66. The van der Waals surface area contributed by atoms with Gasteiger partial charge in [0.25, 0.3) is 0 Å². The molecule has 0 aromatic rings. The molecule has 240 valence electrons. The highest BCUT2D eigenvalue weighted by Crippen LogP contribution is 2.66. The lowest BCUT2D eigenvalue weighted by Crippen LogP contribution is -2.60. The van der Waals surface area contributed by atoms with Gasteiger partial charge in [0.15, 0.2) is 6.29 Å². The third kappa shape index (κ3) is 5.34. The lowest BCUT2D eigenvalue weighted by atomic mass is 9.46. The Morgan fingerprint density at radius 2 is 1.74 bits per heavy atom. The van der Waals surface area contributed by atoms with E-state index in [4.69, 9.17) is 9.47 Å². The van der Waals surface area contributed by atoms with Crippen LogP contribution in [0.3, 0.4) is 0 Å². The molecule has 4 fully saturated rings. The summed E-state index contributed by atoms with van der Waals surface area (Å²) in [6.45, 7) is 10.0. The molecule has 42 heavy (non-hydrogen) atoms. The Hall–Kier alpha value is -0.910. The van der Waals surface area contributed by atoms with E-state index < -0.39 is 54.9 Å². The van der Waals surface area contributed by atoms with Crippen LogP contribution in [0.1, 0.15) is 86.0 Å². The topological polar surface area (TPSA) is 157 Å². The van der Waals surface area contributed by atoms with E-state index in [2.05, 4.69) is 33.8 Å². The molecule has 3 saturated carbocycles. The molecule has 0 bridgehead atoms. The molecular formula is C33H54O9. The summed E-state index contributed by atoms with van der Waals surface area (Å²) in [6, 6.07) is 0. The molecule has 5 aliphatic rings. The third-order valence-electron chi connectivity index (χ3n) is 12.4. The number of allylic oxidation sites excluding steroid dienone is 1. The molecule has 1 saturated heterocycles. The van der Waals surface area contributed by atoms with Gasteiger partial charge in [-0.2, -0.15) is 0 Å². The van der Waals surface area contributed by atoms with Crippen molar-refractivity contribution in [1.29, 1.82) is 0 Å². The number of rotatable bonds is 8. The van der Waals surface area contributed by atoms with Crippen LogP contribution >= 0.6 is 0 Å². The fourth-order valence-electron chi connectivity index (χ4n) is 9.78. The lowest BCUT2D eigenvalue weighted by molar-refractivity contribution is -0.315. The molecule has 0 aromatic heterocycles. The molecule has 1 aliphatic heterocycles. The summed E-state index contributed by atoms with van der Waals surface area (Å²) in [4.78, 5) is 14.4. The normalized spacial score (nSPS) is 48.7. The van der Waals surface area contributed by atoms with E-state index in [-0.39, 0.29) is 46.9 Å². The van der Waals surface area contributed by atoms with Crippen molar-refractivity contribution in [2.24, 2.45) is 46.3 Å². The smallest absolute Gasteiger partial charge is 0.186 e. The van der Waals surface area contributed by atoms with Gasteiger partial charge in [-0.15, -0.1) is 0 Å². The minimum atomic E-state index is -1.55. The van der Waals surface area contributed by atoms with Crippen LogP contribution < -0.4 is 0 Å². The van der Waals surface area contributed by atoms with Gasteiger partial charge in [0, 0.05) is 17.8 Å². The van der Waals surface area contributed by atoms with Crippen LogP contribution in [0.4, 0.5) is 0 Å². The van der Waals surface area contributed by atoms with Gasteiger partial charge in [-0.05, 0) is 80.0 Å². The maximum absolute atomic E-state index is 14.4. The minimum absolute atomic E-state index is 0.00939. The molecule has 9 nitrogen and oxygen atoms in total. The first-order valence-corrected chi connectivity index (χ1v) is 16.3. The molecular weight excluding hydrogens is 540 g/mol. The average molecular weight is 595 g/mol. The number of aliphatic hydroxyl groups excluding tert-OH is 6. The Labute approximate surface area is 250 Å². The van der Waals surface area contributed by atoms with Crippen molar-refractivity contribution in [2.75, 3.05) is 6.61 Å². The Kier molecular flexibility index (Phi) is 9.37. The number of ketones is 1. The van der Waals surface area contributed by atoms with Crippen molar-refractivity contribution < 1.29 is 44.9 Å². The Morgan fingerprint density at radius 3 is 2.40 bits per heavy atom. The van der Waals surface area contributed by atoms with E-state index in [9.17, 15) is 35.4 Å². The van der Waals surface area contributed by atoms with Crippen LogP contribution in [-0.2, 0) is 14.3 Å². The minimum Gasteiger partial charge on any atom is -0.394 e.